The number of rotatable bonds is 4. The zero-order valence-corrected chi connectivity index (χ0v) is 12.6. The van der Waals surface area contributed by atoms with Gasteiger partial charge in [-0.1, -0.05) is 20.8 Å². The molecule has 0 aromatic rings. The van der Waals surface area contributed by atoms with E-state index in [1.165, 1.54) is 0 Å². The lowest BCUT2D eigenvalue weighted by molar-refractivity contribution is -0.140. The highest BCUT2D eigenvalue weighted by atomic mass is 16.4. The van der Waals surface area contributed by atoms with Gasteiger partial charge in [0, 0.05) is 0 Å². The van der Waals surface area contributed by atoms with Crippen LogP contribution in [-0.4, -0.2) is 47.5 Å². The summed E-state index contributed by atoms with van der Waals surface area (Å²) >= 11 is 0. The summed E-state index contributed by atoms with van der Waals surface area (Å²) in [5.74, 6) is -1.19. The number of aliphatic hydroxyl groups is 1. The highest BCUT2D eigenvalue weighted by molar-refractivity contribution is 5.67. The van der Waals surface area contributed by atoms with Crippen LogP contribution in [0, 0.1) is 10.8 Å². The van der Waals surface area contributed by atoms with Gasteiger partial charge in [-0.2, -0.15) is 0 Å². The minimum atomic E-state index is -1.19. The van der Waals surface area contributed by atoms with E-state index >= 15 is 0 Å². The predicted octanol–water partition coefficient (Wildman–Crippen LogP) is 1.31. The lowest BCUT2D eigenvalue weighted by Gasteiger charge is -2.44. The van der Waals surface area contributed by atoms with Crippen LogP contribution in [0.15, 0.2) is 9.98 Å². The maximum atomic E-state index is 10.3. The minimum absolute atomic E-state index is 0.00750. The largest absolute Gasteiger partial charge is 0.480 e. The normalized spacial score (nSPS) is 26.4. The van der Waals surface area contributed by atoms with Crippen LogP contribution < -0.4 is 0 Å². The Morgan fingerprint density at radius 2 is 1.81 bits per heavy atom. The van der Waals surface area contributed by atoms with Crippen LogP contribution in [0.25, 0.3) is 0 Å². The summed E-state index contributed by atoms with van der Waals surface area (Å²) in [6, 6.07) is 0.00750. The van der Waals surface area contributed by atoms with E-state index in [2.05, 4.69) is 30.8 Å². The van der Waals surface area contributed by atoms with Crippen molar-refractivity contribution in [3.63, 3.8) is 0 Å². The Morgan fingerprint density at radius 1 is 1.24 bits per heavy atom. The van der Waals surface area contributed by atoms with Gasteiger partial charge in [-0.25, -0.2) is 24.4 Å². The first-order chi connectivity index (χ1) is 9.68. The van der Waals surface area contributed by atoms with E-state index in [-0.39, 0.29) is 16.9 Å². The highest BCUT2D eigenvalue weighted by Gasteiger charge is 2.41. The second-order valence-corrected chi connectivity index (χ2v) is 6.39. The van der Waals surface area contributed by atoms with E-state index in [1.54, 1.807) is 12.2 Å². The van der Waals surface area contributed by atoms with Crippen LogP contribution in [0.1, 0.15) is 40.0 Å². The predicted molar refractivity (Wildman–Crippen MR) is 75.4 cm³/mol. The first-order valence-corrected chi connectivity index (χ1v) is 6.61. The van der Waals surface area contributed by atoms with Crippen LogP contribution >= 0.6 is 0 Å². The number of carboxylic acid groups (broad SMARTS) is 1. The third kappa shape index (κ3) is 8.15. The van der Waals surface area contributed by atoms with Gasteiger partial charge in [0.15, 0.2) is 0 Å². The molecule has 2 unspecified atom stereocenters. The molecular formula is C14H22N2O5. The quantitative estimate of drug-likeness (QED) is 0.599. The number of aliphatic carboxylic acids is 1. The molecule has 0 bridgehead atoms. The molecule has 118 valence electrons. The second kappa shape index (κ2) is 8.47. The monoisotopic (exact) mass is 298 g/mol. The number of nitrogens with zero attached hydrogens (tertiary/aromatic N) is 2. The molecule has 0 aromatic carbocycles. The Labute approximate surface area is 123 Å². The molecule has 0 radical (unpaired) electrons. The first-order valence-electron chi connectivity index (χ1n) is 6.61. The van der Waals surface area contributed by atoms with Gasteiger partial charge in [-0.15, -0.1) is 0 Å². The fraction of sp³-hybridized carbons (Fsp3) is 0.786. The second-order valence-electron chi connectivity index (χ2n) is 6.39. The summed E-state index contributed by atoms with van der Waals surface area (Å²) in [6.07, 6.45) is 5.88. The van der Waals surface area contributed by atoms with E-state index in [0.717, 1.165) is 19.3 Å². The smallest absolute Gasteiger partial charge is 0.329 e. The number of hydrogen-bond acceptors (Lipinski definition) is 6. The van der Waals surface area contributed by atoms with Crippen molar-refractivity contribution >= 4 is 18.1 Å². The van der Waals surface area contributed by atoms with Crippen LogP contribution in [0.5, 0.6) is 0 Å². The van der Waals surface area contributed by atoms with Crippen molar-refractivity contribution in [2.45, 2.75) is 46.1 Å². The molecule has 1 rings (SSSR count). The highest BCUT2D eigenvalue weighted by Crippen LogP contribution is 2.47. The van der Waals surface area contributed by atoms with Gasteiger partial charge in [0.25, 0.3) is 0 Å². The first kappa shape index (κ1) is 19.2. The Balaban J connectivity index is 0.000000690. The number of aliphatic hydroxyl groups excluding tert-OH is 1. The number of hydrogen-bond donors (Lipinski definition) is 2. The zero-order valence-electron chi connectivity index (χ0n) is 12.6. The summed E-state index contributed by atoms with van der Waals surface area (Å²) in [5.41, 5.74) is 0.0561. The van der Waals surface area contributed by atoms with E-state index in [9.17, 15) is 9.59 Å². The Hall–Kier alpha value is -1.81. The molecule has 0 spiro atoms. The molecule has 0 amide bonds. The third-order valence-corrected chi connectivity index (χ3v) is 3.32. The van der Waals surface area contributed by atoms with Crippen molar-refractivity contribution in [2.75, 3.05) is 13.2 Å². The van der Waals surface area contributed by atoms with Gasteiger partial charge in [0.05, 0.1) is 12.6 Å². The van der Waals surface area contributed by atoms with Crippen LogP contribution in [0.2, 0.25) is 0 Å². The van der Waals surface area contributed by atoms with Crippen molar-refractivity contribution in [3.8, 4) is 0 Å². The summed E-state index contributed by atoms with van der Waals surface area (Å²) in [6.45, 7) is 6.08. The molecule has 1 aliphatic rings. The van der Waals surface area contributed by atoms with E-state index in [4.69, 9.17) is 15.0 Å². The SMILES string of the molecule is CC1(C)CC(N=C=O)CC(C)(CN=C=O)C1.O=C(O)CO. The summed E-state index contributed by atoms with van der Waals surface area (Å²) in [4.78, 5) is 37.1. The molecule has 2 atom stereocenters. The van der Waals surface area contributed by atoms with Crippen LogP contribution in [-0.2, 0) is 14.4 Å². The maximum absolute atomic E-state index is 10.3. The number of aliphatic imine (C=N–C) groups is 2. The molecular weight excluding hydrogens is 276 g/mol. The fourth-order valence-electron chi connectivity index (χ4n) is 3.09. The van der Waals surface area contributed by atoms with Gasteiger partial charge >= 0.3 is 5.97 Å². The van der Waals surface area contributed by atoms with Crippen molar-refractivity contribution in [1.29, 1.82) is 0 Å². The van der Waals surface area contributed by atoms with E-state index in [0.29, 0.717) is 6.54 Å². The summed E-state index contributed by atoms with van der Waals surface area (Å²) in [5, 5.41) is 15.0. The number of isocyanates is 2. The van der Waals surface area contributed by atoms with Gasteiger partial charge in [-0.3, -0.25) is 0 Å². The average Bonchev–Trinajstić information content (AvgIpc) is 2.35. The topological polar surface area (TPSA) is 116 Å². The molecule has 0 heterocycles. The molecule has 7 heteroatoms. The molecule has 7 nitrogen and oxygen atoms in total. The molecule has 1 saturated carbocycles. The molecule has 1 fully saturated rings. The molecule has 2 N–H and O–H groups in total. The Morgan fingerprint density at radius 3 is 2.24 bits per heavy atom. The maximum Gasteiger partial charge on any atom is 0.329 e. The Bertz CT molecular complexity index is 450. The van der Waals surface area contributed by atoms with Crippen molar-refractivity contribution in [2.24, 2.45) is 20.8 Å². The zero-order chi connectivity index (χ0) is 16.5. The van der Waals surface area contributed by atoms with Crippen LogP contribution in [0.4, 0.5) is 0 Å². The molecule has 0 aliphatic heterocycles. The lowest BCUT2D eigenvalue weighted by Crippen LogP contribution is -2.39. The van der Waals surface area contributed by atoms with Gasteiger partial charge in [-0.05, 0) is 30.1 Å². The van der Waals surface area contributed by atoms with E-state index < -0.39 is 12.6 Å². The average molecular weight is 298 g/mol. The molecule has 1 aliphatic carbocycles. The lowest BCUT2D eigenvalue weighted by atomic mass is 9.63. The minimum Gasteiger partial charge on any atom is -0.480 e. The molecule has 21 heavy (non-hydrogen) atoms. The van der Waals surface area contributed by atoms with Gasteiger partial charge < -0.3 is 10.2 Å². The number of carboxylic acids is 1. The van der Waals surface area contributed by atoms with E-state index in [1.807, 2.05) is 0 Å². The number of carbonyl (C=O) groups excluding carboxylic acids is 2. The van der Waals surface area contributed by atoms with Crippen molar-refractivity contribution in [1.82, 2.24) is 0 Å². The fourth-order valence-corrected chi connectivity index (χ4v) is 3.09. The number of carbonyl (C=O) groups is 1. The van der Waals surface area contributed by atoms with Crippen LogP contribution in [0.3, 0.4) is 0 Å². The van der Waals surface area contributed by atoms with Gasteiger partial charge in [0.2, 0.25) is 12.2 Å². The van der Waals surface area contributed by atoms with Gasteiger partial charge in [0.1, 0.15) is 6.61 Å². The van der Waals surface area contributed by atoms with Crippen molar-refractivity contribution < 1.29 is 24.6 Å². The summed E-state index contributed by atoms with van der Waals surface area (Å²) < 4.78 is 0. The molecule has 0 aromatic heterocycles. The third-order valence-electron chi connectivity index (χ3n) is 3.32. The van der Waals surface area contributed by atoms with Crippen molar-refractivity contribution in [3.05, 3.63) is 0 Å². The summed E-state index contributed by atoms with van der Waals surface area (Å²) in [7, 11) is 0. The Kier molecular flexibility index (Phi) is 7.74. The standard InChI is InChI=1S/C12H18N2O2.C2H4O3/c1-11(2)4-10(14-9-16)5-12(3,6-11)7-13-8-15;3-1-2(4)5/h10H,4-7H2,1-3H3;3H,1H2,(H,4,5). The molecule has 0 saturated heterocycles.